The fraction of sp³-hybridized carbons (Fsp3) is 0.176. The van der Waals surface area contributed by atoms with E-state index in [1.165, 1.54) is 30.0 Å². The maximum absolute atomic E-state index is 13.8. The molecule has 0 aromatic heterocycles. The van der Waals surface area contributed by atoms with E-state index in [9.17, 15) is 27.2 Å². The molecule has 0 saturated carbocycles. The summed E-state index contributed by atoms with van der Waals surface area (Å²) in [4.78, 5) is 33.8. The van der Waals surface area contributed by atoms with E-state index in [2.05, 4.69) is 0 Å². The predicted molar refractivity (Wildman–Crippen MR) is 164 cm³/mol. The van der Waals surface area contributed by atoms with Gasteiger partial charge in [-0.3, -0.25) is 9.59 Å². The number of piperazine rings is 1. The maximum atomic E-state index is 13.8. The zero-order valence-corrected chi connectivity index (χ0v) is 24.2. The summed E-state index contributed by atoms with van der Waals surface area (Å²) in [5.74, 6) is -0.823. The normalized spacial score (nSPS) is 16.3. The first kappa shape index (κ1) is 29.5. The zero-order valence-electron chi connectivity index (χ0n) is 23.4. The molecule has 2 heterocycles. The quantitative estimate of drug-likeness (QED) is 0.172. The molecule has 1 saturated heterocycles. The molecular formula is C34H27F4N3O2S. The van der Waals surface area contributed by atoms with Crippen molar-refractivity contribution in [2.24, 2.45) is 0 Å². The number of carbonyl (C=O) groups is 2. The van der Waals surface area contributed by atoms with Gasteiger partial charge in [-0.25, -0.2) is 4.39 Å². The highest BCUT2D eigenvalue weighted by Crippen LogP contribution is 2.43. The van der Waals surface area contributed by atoms with Gasteiger partial charge in [0.25, 0.3) is 11.8 Å². The molecule has 0 radical (unpaired) electrons. The molecule has 44 heavy (non-hydrogen) atoms. The van der Waals surface area contributed by atoms with Crippen LogP contribution in [0.5, 0.6) is 0 Å². The molecule has 2 aliphatic heterocycles. The molecule has 5 nitrogen and oxygen atoms in total. The number of fused-ring (bicyclic) bond motifs is 1. The maximum Gasteiger partial charge on any atom is 0.416 e. The summed E-state index contributed by atoms with van der Waals surface area (Å²) in [7, 11) is 0. The predicted octanol–water partition coefficient (Wildman–Crippen LogP) is 7.49. The molecule has 0 bridgehead atoms. The van der Waals surface area contributed by atoms with E-state index in [-0.39, 0.29) is 24.2 Å². The van der Waals surface area contributed by atoms with Crippen molar-refractivity contribution in [3.63, 3.8) is 0 Å². The largest absolute Gasteiger partial charge is 0.416 e. The third-order valence-electron chi connectivity index (χ3n) is 7.63. The van der Waals surface area contributed by atoms with Crippen LogP contribution in [0.3, 0.4) is 0 Å². The summed E-state index contributed by atoms with van der Waals surface area (Å²) in [6, 6.07) is 25.9. The van der Waals surface area contributed by atoms with Crippen LogP contribution in [-0.2, 0) is 17.5 Å². The fourth-order valence-corrected chi connectivity index (χ4v) is 6.34. The van der Waals surface area contributed by atoms with E-state index in [0.29, 0.717) is 48.0 Å². The molecule has 0 unspecified atom stereocenters. The lowest BCUT2D eigenvalue weighted by Crippen LogP contribution is -2.48. The van der Waals surface area contributed by atoms with Gasteiger partial charge in [-0.2, -0.15) is 13.2 Å². The van der Waals surface area contributed by atoms with Gasteiger partial charge in [0.2, 0.25) is 0 Å². The van der Waals surface area contributed by atoms with Crippen LogP contribution in [0.4, 0.5) is 28.9 Å². The van der Waals surface area contributed by atoms with E-state index >= 15 is 0 Å². The molecule has 6 rings (SSSR count). The van der Waals surface area contributed by atoms with Crippen molar-refractivity contribution < 1.29 is 27.2 Å². The molecular weight excluding hydrogens is 590 g/mol. The van der Waals surface area contributed by atoms with Crippen molar-refractivity contribution in [1.82, 2.24) is 4.90 Å². The number of hydrogen-bond acceptors (Lipinski definition) is 4. The Bertz CT molecular complexity index is 1720. The first-order valence-corrected chi connectivity index (χ1v) is 14.8. The third kappa shape index (κ3) is 6.35. The van der Waals surface area contributed by atoms with Crippen molar-refractivity contribution in [2.45, 2.75) is 17.6 Å². The van der Waals surface area contributed by atoms with Gasteiger partial charge in [0.1, 0.15) is 5.82 Å². The minimum atomic E-state index is -4.43. The Hall–Kier alpha value is -4.57. The molecule has 0 spiro atoms. The molecule has 10 heteroatoms. The molecule has 4 aromatic carbocycles. The van der Waals surface area contributed by atoms with E-state index in [1.807, 2.05) is 47.4 Å². The van der Waals surface area contributed by atoms with Crippen LogP contribution in [0.1, 0.15) is 27.0 Å². The minimum Gasteiger partial charge on any atom is -0.368 e. The van der Waals surface area contributed by atoms with Crippen molar-refractivity contribution in [3.8, 4) is 0 Å². The highest BCUT2D eigenvalue weighted by atomic mass is 32.2. The van der Waals surface area contributed by atoms with Crippen molar-refractivity contribution in [3.05, 3.63) is 130 Å². The highest BCUT2D eigenvalue weighted by molar-refractivity contribution is 8.04. The fourth-order valence-electron chi connectivity index (χ4n) is 5.30. The van der Waals surface area contributed by atoms with Gasteiger partial charge in [-0.15, -0.1) is 0 Å². The van der Waals surface area contributed by atoms with E-state index in [1.54, 1.807) is 40.1 Å². The van der Waals surface area contributed by atoms with Gasteiger partial charge in [-0.05, 0) is 65.7 Å². The van der Waals surface area contributed by atoms with Crippen LogP contribution in [0.25, 0.3) is 6.08 Å². The van der Waals surface area contributed by atoms with Crippen molar-refractivity contribution in [2.75, 3.05) is 36.0 Å². The summed E-state index contributed by atoms with van der Waals surface area (Å²) in [5, 5.41) is 0. The lowest BCUT2D eigenvalue weighted by atomic mass is 10.1. The first-order chi connectivity index (χ1) is 21.2. The molecule has 0 aliphatic carbocycles. The Labute approximate surface area is 256 Å². The number of hydrogen-bond donors (Lipinski definition) is 0. The van der Waals surface area contributed by atoms with Crippen LogP contribution in [-0.4, -0.2) is 42.9 Å². The molecule has 1 fully saturated rings. The Morgan fingerprint density at radius 1 is 0.841 bits per heavy atom. The average molecular weight is 618 g/mol. The molecule has 224 valence electrons. The molecule has 4 aromatic rings. The van der Waals surface area contributed by atoms with Gasteiger partial charge in [0.05, 0.1) is 22.7 Å². The van der Waals surface area contributed by atoms with Crippen molar-refractivity contribution >= 4 is 41.0 Å². The van der Waals surface area contributed by atoms with E-state index in [0.717, 1.165) is 28.2 Å². The summed E-state index contributed by atoms with van der Waals surface area (Å²) < 4.78 is 53.2. The number of anilines is 2. The lowest BCUT2D eigenvalue weighted by molar-refractivity contribution is -0.137. The second-order valence-electron chi connectivity index (χ2n) is 10.5. The monoisotopic (exact) mass is 617 g/mol. The SMILES string of the molecule is O=C(c1ccc2c(c1)N(Cc1ccc(F)cc1)C(=O)/C(=C/c1ccccc1)S2)N1CCN(c2cccc(C(F)(F)F)c2)CC1. The molecule has 2 amide bonds. The third-order valence-corrected chi connectivity index (χ3v) is 8.71. The molecule has 0 N–H and O–H groups in total. The van der Waals surface area contributed by atoms with Gasteiger partial charge in [0, 0.05) is 42.3 Å². The minimum absolute atomic E-state index is 0.187. The summed E-state index contributed by atoms with van der Waals surface area (Å²) >= 11 is 1.33. The molecule has 0 atom stereocenters. The van der Waals surface area contributed by atoms with Gasteiger partial charge in [-0.1, -0.05) is 60.3 Å². The van der Waals surface area contributed by atoms with Gasteiger partial charge < -0.3 is 14.7 Å². The standard InChI is InChI=1S/C34H27F4N3O2S/c35-27-12-9-24(10-13-27)22-41-29-20-25(11-14-30(29)44-31(33(41)43)19-23-5-2-1-3-6-23)32(42)40-17-15-39(16-18-40)28-8-4-7-26(21-28)34(36,37)38/h1-14,19-21H,15-18,22H2/b31-19-. The first-order valence-electron chi connectivity index (χ1n) is 14.0. The van der Waals surface area contributed by atoms with E-state index < -0.39 is 11.7 Å². The summed E-state index contributed by atoms with van der Waals surface area (Å²) in [6.45, 7) is 1.63. The average Bonchev–Trinajstić information content (AvgIpc) is 3.04. The number of thioether (sulfide) groups is 1. The smallest absolute Gasteiger partial charge is 0.368 e. The Morgan fingerprint density at radius 3 is 2.27 bits per heavy atom. The number of carbonyl (C=O) groups excluding carboxylic acids is 2. The zero-order chi connectivity index (χ0) is 30.8. The summed E-state index contributed by atoms with van der Waals surface area (Å²) in [6.07, 6.45) is -2.60. The Balaban J connectivity index is 1.24. The van der Waals surface area contributed by atoms with Crippen LogP contribution in [0, 0.1) is 5.82 Å². The Morgan fingerprint density at radius 2 is 1.57 bits per heavy atom. The number of nitrogens with zero attached hydrogens (tertiary/aromatic N) is 3. The molecule has 2 aliphatic rings. The van der Waals surface area contributed by atoms with Gasteiger partial charge >= 0.3 is 6.18 Å². The van der Waals surface area contributed by atoms with Crippen LogP contribution < -0.4 is 9.80 Å². The highest BCUT2D eigenvalue weighted by Gasteiger charge is 2.33. The second-order valence-corrected chi connectivity index (χ2v) is 11.6. The van der Waals surface area contributed by atoms with Crippen molar-refractivity contribution in [1.29, 1.82) is 0 Å². The summed E-state index contributed by atoms with van der Waals surface area (Å²) in [5.41, 5.74) is 2.37. The van der Waals surface area contributed by atoms with Crippen LogP contribution >= 0.6 is 11.8 Å². The Kier molecular flexibility index (Phi) is 8.18. The van der Waals surface area contributed by atoms with Crippen LogP contribution in [0.15, 0.2) is 107 Å². The number of rotatable bonds is 5. The second kappa shape index (κ2) is 12.2. The lowest BCUT2D eigenvalue weighted by Gasteiger charge is -2.36. The topological polar surface area (TPSA) is 43.9 Å². The van der Waals surface area contributed by atoms with E-state index in [4.69, 9.17) is 0 Å². The number of benzene rings is 4. The number of halogens is 4. The number of amides is 2. The number of alkyl halides is 3. The van der Waals surface area contributed by atoms with Gasteiger partial charge in [0.15, 0.2) is 0 Å². The van der Waals surface area contributed by atoms with Crippen LogP contribution in [0.2, 0.25) is 0 Å².